The summed E-state index contributed by atoms with van der Waals surface area (Å²) in [4.78, 5) is 12.3. The number of aromatic nitrogens is 2. The molecule has 5 N–H and O–H groups in total. The van der Waals surface area contributed by atoms with E-state index in [4.69, 9.17) is 10.8 Å². The summed E-state index contributed by atoms with van der Waals surface area (Å²) in [6, 6.07) is -0.125. The van der Waals surface area contributed by atoms with Gasteiger partial charge in [-0.05, 0) is 24.7 Å². The van der Waals surface area contributed by atoms with Crippen LogP contribution in [-0.4, -0.2) is 33.9 Å². The maximum Gasteiger partial charge on any atom is 0.274 e. The molecule has 1 atom stereocenters. The zero-order chi connectivity index (χ0) is 14.9. The fourth-order valence-corrected chi connectivity index (χ4v) is 2.30. The summed E-state index contributed by atoms with van der Waals surface area (Å²) in [6.07, 6.45) is 2.71. The second-order valence-electron chi connectivity index (χ2n) is 6.58. The highest BCUT2D eigenvalue weighted by atomic mass is 16.3. The summed E-state index contributed by atoms with van der Waals surface area (Å²) in [7, 11) is 0. The van der Waals surface area contributed by atoms with Crippen LogP contribution in [0.3, 0.4) is 0 Å². The van der Waals surface area contributed by atoms with Crippen LogP contribution in [0.2, 0.25) is 0 Å². The first kappa shape index (κ1) is 14.8. The molecule has 6 heteroatoms. The summed E-state index contributed by atoms with van der Waals surface area (Å²) < 4.78 is 0. The van der Waals surface area contributed by atoms with Crippen LogP contribution >= 0.6 is 0 Å². The molecule has 0 bridgehead atoms. The van der Waals surface area contributed by atoms with E-state index in [-0.39, 0.29) is 29.7 Å². The summed E-state index contributed by atoms with van der Waals surface area (Å²) in [5.74, 6) is 0.152. The number of aromatic amines is 1. The van der Waals surface area contributed by atoms with Gasteiger partial charge in [0.15, 0.2) is 5.69 Å². The third-order valence-electron chi connectivity index (χ3n) is 3.80. The van der Waals surface area contributed by atoms with Crippen molar-refractivity contribution < 1.29 is 9.90 Å². The molecule has 0 saturated heterocycles. The largest absolute Gasteiger partial charge is 0.396 e. The molecule has 2 rings (SSSR count). The van der Waals surface area contributed by atoms with Crippen LogP contribution < -0.4 is 11.1 Å². The predicted octanol–water partition coefficient (Wildman–Crippen LogP) is 1.40. The second-order valence-corrected chi connectivity index (χ2v) is 6.58. The van der Waals surface area contributed by atoms with Gasteiger partial charge in [0.25, 0.3) is 5.91 Å². The van der Waals surface area contributed by atoms with Crippen LogP contribution in [0.5, 0.6) is 0 Å². The molecule has 112 valence electrons. The number of hydrogen-bond acceptors (Lipinski definition) is 4. The lowest BCUT2D eigenvalue weighted by Gasteiger charge is -2.30. The van der Waals surface area contributed by atoms with Crippen molar-refractivity contribution in [1.82, 2.24) is 15.5 Å². The van der Waals surface area contributed by atoms with E-state index in [9.17, 15) is 4.79 Å². The lowest BCUT2D eigenvalue weighted by molar-refractivity contribution is 0.0881. The lowest BCUT2D eigenvalue weighted by Crippen LogP contribution is -2.44. The smallest absolute Gasteiger partial charge is 0.274 e. The number of aliphatic hydroxyl groups is 1. The second kappa shape index (κ2) is 5.44. The standard InChI is InChI=1S/C14H24N4O2/c1-14(2,3)9(6-7-19)16-13(20)12-10(15)11(17-18-12)8-4-5-8/h8-9,19H,4-7,15H2,1-3H3,(H,16,20)(H,17,18). The van der Waals surface area contributed by atoms with E-state index in [1.165, 1.54) is 0 Å². The molecular weight excluding hydrogens is 256 g/mol. The van der Waals surface area contributed by atoms with Gasteiger partial charge >= 0.3 is 0 Å². The molecule has 1 aromatic rings. The number of carbonyl (C=O) groups is 1. The number of nitrogen functional groups attached to an aromatic ring is 1. The number of H-pyrrole nitrogens is 1. The van der Waals surface area contributed by atoms with Crippen molar-refractivity contribution in [2.45, 2.75) is 52.0 Å². The number of rotatable bonds is 5. The first-order valence-electron chi connectivity index (χ1n) is 7.10. The minimum Gasteiger partial charge on any atom is -0.396 e. The topological polar surface area (TPSA) is 104 Å². The molecule has 1 aromatic heterocycles. The monoisotopic (exact) mass is 280 g/mol. The van der Waals surface area contributed by atoms with Gasteiger partial charge in [-0.2, -0.15) is 5.10 Å². The van der Waals surface area contributed by atoms with E-state index in [0.717, 1.165) is 18.5 Å². The van der Waals surface area contributed by atoms with Crippen molar-refractivity contribution in [2.24, 2.45) is 5.41 Å². The van der Waals surface area contributed by atoms with Crippen molar-refractivity contribution in [2.75, 3.05) is 12.3 Å². The van der Waals surface area contributed by atoms with Crippen molar-refractivity contribution in [3.63, 3.8) is 0 Å². The fraction of sp³-hybridized carbons (Fsp3) is 0.714. The van der Waals surface area contributed by atoms with Crippen LogP contribution in [-0.2, 0) is 0 Å². The van der Waals surface area contributed by atoms with Crippen LogP contribution in [0.1, 0.15) is 62.1 Å². The van der Waals surface area contributed by atoms with Crippen LogP contribution in [0.4, 0.5) is 5.69 Å². The third kappa shape index (κ3) is 3.12. The summed E-state index contributed by atoms with van der Waals surface area (Å²) in [5.41, 5.74) is 7.47. The van der Waals surface area contributed by atoms with Gasteiger partial charge in [0.05, 0.1) is 11.4 Å². The van der Waals surface area contributed by atoms with Crippen LogP contribution in [0.15, 0.2) is 0 Å². The Kier molecular flexibility index (Phi) is 4.04. The molecule has 6 nitrogen and oxygen atoms in total. The molecule has 1 fully saturated rings. The average molecular weight is 280 g/mol. The highest BCUT2D eigenvalue weighted by molar-refractivity contribution is 5.98. The Morgan fingerprint density at radius 3 is 2.70 bits per heavy atom. The Morgan fingerprint density at radius 2 is 2.20 bits per heavy atom. The number of aliphatic hydroxyl groups excluding tert-OH is 1. The minimum absolute atomic E-state index is 0.0333. The number of carbonyl (C=O) groups excluding carboxylic acids is 1. The van der Waals surface area contributed by atoms with Crippen LogP contribution in [0.25, 0.3) is 0 Å². The van der Waals surface area contributed by atoms with E-state index >= 15 is 0 Å². The summed E-state index contributed by atoms with van der Waals surface area (Å²) in [5, 5.41) is 19.0. The Bertz CT molecular complexity index is 486. The maximum atomic E-state index is 12.3. The first-order chi connectivity index (χ1) is 9.34. The number of nitrogens with zero attached hydrogens (tertiary/aromatic N) is 1. The normalized spacial score (nSPS) is 17.0. The molecule has 0 aromatic carbocycles. The van der Waals surface area contributed by atoms with E-state index in [1.807, 2.05) is 20.8 Å². The quantitative estimate of drug-likeness (QED) is 0.654. The first-order valence-corrected chi connectivity index (χ1v) is 7.10. The fourth-order valence-electron chi connectivity index (χ4n) is 2.30. The minimum atomic E-state index is -0.279. The van der Waals surface area contributed by atoms with Crippen molar-refractivity contribution in [3.05, 3.63) is 11.4 Å². The molecule has 1 unspecified atom stereocenters. The molecule has 0 aliphatic heterocycles. The van der Waals surface area contributed by atoms with Crippen molar-refractivity contribution >= 4 is 11.6 Å². The Labute approximate surface area is 119 Å². The lowest BCUT2D eigenvalue weighted by atomic mass is 9.85. The highest BCUT2D eigenvalue weighted by Crippen LogP contribution is 2.42. The zero-order valence-electron chi connectivity index (χ0n) is 12.4. The van der Waals surface area contributed by atoms with Crippen molar-refractivity contribution in [3.8, 4) is 0 Å². The van der Waals surface area contributed by atoms with Gasteiger partial charge in [0, 0.05) is 18.6 Å². The van der Waals surface area contributed by atoms with Gasteiger partial charge in [0.2, 0.25) is 0 Å². The van der Waals surface area contributed by atoms with Gasteiger partial charge in [-0.3, -0.25) is 9.89 Å². The number of nitrogens with two attached hydrogens (primary N) is 1. The van der Waals surface area contributed by atoms with Crippen molar-refractivity contribution in [1.29, 1.82) is 0 Å². The summed E-state index contributed by atoms with van der Waals surface area (Å²) in [6.45, 7) is 6.11. The average Bonchev–Trinajstić information content (AvgIpc) is 3.11. The van der Waals surface area contributed by atoms with Gasteiger partial charge in [-0.1, -0.05) is 20.8 Å². The van der Waals surface area contributed by atoms with E-state index in [2.05, 4.69) is 15.5 Å². The predicted molar refractivity (Wildman–Crippen MR) is 77.4 cm³/mol. The molecule has 20 heavy (non-hydrogen) atoms. The van der Waals surface area contributed by atoms with Gasteiger partial charge < -0.3 is 16.2 Å². The highest BCUT2D eigenvalue weighted by Gasteiger charge is 2.32. The number of amides is 1. The molecule has 1 aliphatic rings. The zero-order valence-corrected chi connectivity index (χ0v) is 12.4. The summed E-state index contributed by atoms with van der Waals surface area (Å²) >= 11 is 0. The third-order valence-corrected chi connectivity index (χ3v) is 3.80. The number of nitrogens with one attached hydrogen (secondary N) is 2. The Balaban J connectivity index is 2.10. The molecule has 1 amide bonds. The van der Waals surface area contributed by atoms with Gasteiger partial charge in [-0.25, -0.2) is 0 Å². The molecule has 0 spiro atoms. The van der Waals surface area contributed by atoms with Gasteiger partial charge in [0.1, 0.15) is 0 Å². The van der Waals surface area contributed by atoms with Crippen LogP contribution in [0, 0.1) is 5.41 Å². The van der Waals surface area contributed by atoms with E-state index < -0.39 is 0 Å². The molecular formula is C14H24N4O2. The van der Waals surface area contributed by atoms with Gasteiger partial charge in [-0.15, -0.1) is 0 Å². The number of anilines is 1. The van der Waals surface area contributed by atoms with E-state index in [0.29, 0.717) is 18.0 Å². The Hall–Kier alpha value is -1.56. The molecule has 1 saturated carbocycles. The maximum absolute atomic E-state index is 12.3. The molecule has 1 heterocycles. The molecule has 1 aliphatic carbocycles. The Morgan fingerprint density at radius 1 is 1.55 bits per heavy atom. The SMILES string of the molecule is CC(C)(C)C(CCO)NC(=O)c1n[nH]c(C2CC2)c1N. The van der Waals surface area contributed by atoms with E-state index in [1.54, 1.807) is 0 Å². The number of hydrogen-bond donors (Lipinski definition) is 4. The molecule has 0 radical (unpaired) electrons.